The van der Waals surface area contributed by atoms with Gasteiger partial charge in [0.25, 0.3) is 0 Å². The SMILES string of the molecule is C[C@@]12C[C@H](O)[C@]3(CCO[C@H]4[C@@H]3[C@@H]1C(=O)N4c1cnc(C#N)c(C(F)(F)F)c1)O2. The number of hydrogen-bond donors (Lipinski definition) is 1. The highest BCUT2D eigenvalue weighted by Gasteiger charge is 2.78. The molecule has 4 aliphatic rings. The van der Waals surface area contributed by atoms with Gasteiger partial charge < -0.3 is 14.6 Å². The van der Waals surface area contributed by atoms with Gasteiger partial charge in [0, 0.05) is 12.8 Å². The number of fused-ring (bicyclic) bond motifs is 2. The zero-order chi connectivity index (χ0) is 20.1. The quantitative estimate of drug-likeness (QED) is 0.776. The van der Waals surface area contributed by atoms with Crippen LogP contribution in [0.15, 0.2) is 12.3 Å². The van der Waals surface area contributed by atoms with E-state index in [1.165, 1.54) is 11.0 Å². The Morgan fingerprint density at radius 2 is 2.21 bits per heavy atom. The van der Waals surface area contributed by atoms with Gasteiger partial charge in [0.05, 0.1) is 47.6 Å². The van der Waals surface area contributed by atoms with Crippen molar-refractivity contribution in [2.45, 2.75) is 49.5 Å². The number of aliphatic hydroxyl groups excluding tert-OH is 1. The van der Waals surface area contributed by atoms with Gasteiger partial charge in [0.2, 0.25) is 5.91 Å². The normalized spacial score (nSPS) is 41.3. The Morgan fingerprint density at radius 1 is 1.46 bits per heavy atom. The Labute approximate surface area is 157 Å². The zero-order valence-corrected chi connectivity index (χ0v) is 14.7. The third kappa shape index (κ3) is 1.99. The molecule has 1 spiro atoms. The predicted octanol–water partition coefficient (Wildman–Crippen LogP) is 1.59. The molecule has 28 heavy (non-hydrogen) atoms. The summed E-state index contributed by atoms with van der Waals surface area (Å²) in [5.74, 6) is -1.51. The average molecular weight is 395 g/mol. The third-order valence-corrected chi connectivity index (χ3v) is 6.58. The lowest BCUT2D eigenvalue weighted by molar-refractivity contribution is -0.163. The highest BCUT2D eigenvalue weighted by Crippen LogP contribution is 2.65. The Balaban J connectivity index is 1.62. The van der Waals surface area contributed by atoms with Crippen LogP contribution >= 0.6 is 0 Å². The third-order valence-electron chi connectivity index (χ3n) is 6.58. The first-order chi connectivity index (χ1) is 13.1. The van der Waals surface area contributed by atoms with Crippen LogP contribution in [0.2, 0.25) is 0 Å². The van der Waals surface area contributed by atoms with Gasteiger partial charge in [-0.25, -0.2) is 4.98 Å². The second kappa shape index (κ2) is 5.23. The highest BCUT2D eigenvalue weighted by molar-refractivity contribution is 5.99. The molecule has 0 unspecified atom stereocenters. The topological polar surface area (TPSA) is 95.7 Å². The van der Waals surface area contributed by atoms with E-state index in [1.54, 1.807) is 6.92 Å². The maximum atomic E-state index is 13.3. The van der Waals surface area contributed by atoms with Crippen molar-refractivity contribution < 1.29 is 32.5 Å². The standard InChI is InChI=1S/C18H16F3N3O4/c1-16-5-11(25)17(28-16)2-3-27-15-13(17)12(16)14(26)24(15)8-4-9(18(19,20)21)10(6-22)23-7-8/h4,7,11-13,15,25H,2-3,5H2,1H3/t11-,12+,13-,15-,16+,17-/m0/s1. The number of anilines is 1. The minimum absolute atomic E-state index is 0.0785. The van der Waals surface area contributed by atoms with Crippen LogP contribution < -0.4 is 4.90 Å². The molecule has 1 N–H and O–H groups in total. The van der Waals surface area contributed by atoms with Crippen molar-refractivity contribution in [1.82, 2.24) is 4.98 Å². The largest absolute Gasteiger partial charge is 0.419 e. The number of ether oxygens (including phenoxy) is 2. The Hall–Kier alpha value is -2.22. The summed E-state index contributed by atoms with van der Waals surface area (Å²) in [7, 11) is 0. The van der Waals surface area contributed by atoms with E-state index in [0.717, 1.165) is 12.3 Å². The summed E-state index contributed by atoms with van der Waals surface area (Å²) in [6, 6.07) is 2.19. The molecule has 1 amide bonds. The molecule has 4 fully saturated rings. The van der Waals surface area contributed by atoms with Gasteiger partial charge in [0.15, 0.2) is 5.69 Å². The Morgan fingerprint density at radius 3 is 2.89 bits per heavy atom. The number of amides is 1. The molecule has 10 heteroatoms. The first kappa shape index (κ1) is 17.8. The molecule has 6 atom stereocenters. The highest BCUT2D eigenvalue weighted by atomic mass is 19.4. The Kier molecular flexibility index (Phi) is 3.33. The number of aliphatic hydroxyl groups is 1. The summed E-state index contributed by atoms with van der Waals surface area (Å²) < 4.78 is 52.0. The van der Waals surface area contributed by atoms with E-state index in [0.29, 0.717) is 12.8 Å². The molecule has 1 aromatic heterocycles. The number of alkyl halides is 3. The van der Waals surface area contributed by atoms with Crippen molar-refractivity contribution in [2.75, 3.05) is 11.5 Å². The van der Waals surface area contributed by atoms with Crippen molar-refractivity contribution in [2.24, 2.45) is 11.8 Å². The fourth-order valence-corrected chi connectivity index (χ4v) is 5.57. The summed E-state index contributed by atoms with van der Waals surface area (Å²) in [5.41, 5.74) is -3.86. The summed E-state index contributed by atoms with van der Waals surface area (Å²) >= 11 is 0. The molecular formula is C18H16F3N3O4. The number of carbonyl (C=O) groups excluding carboxylic acids is 1. The smallest absolute Gasteiger partial charge is 0.390 e. The minimum atomic E-state index is -4.79. The van der Waals surface area contributed by atoms with E-state index in [2.05, 4.69) is 4.98 Å². The van der Waals surface area contributed by atoms with Gasteiger partial charge >= 0.3 is 6.18 Å². The molecule has 148 valence electrons. The molecule has 5 heterocycles. The molecule has 0 radical (unpaired) electrons. The van der Waals surface area contributed by atoms with Crippen LogP contribution in [-0.4, -0.2) is 46.1 Å². The van der Waals surface area contributed by atoms with Crippen LogP contribution in [0.25, 0.3) is 0 Å². The maximum Gasteiger partial charge on any atom is 0.419 e. The average Bonchev–Trinajstić information content (AvgIpc) is 3.17. The van der Waals surface area contributed by atoms with Crippen LogP contribution in [0.4, 0.5) is 18.9 Å². The van der Waals surface area contributed by atoms with E-state index >= 15 is 0 Å². The molecule has 4 saturated heterocycles. The number of pyridine rings is 1. The second-order valence-electron chi connectivity index (χ2n) is 8.01. The molecule has 7 nitrogen and oxygen atoms in total. The molecular weight excluding hydrogens is 379 g/mol. The number of carbonyl (C=O) groups is 1. The van der Waals surface area contributed by atoms with E-state index in [-0.39, 0.29) is 12.3 Å². The molecule has 0 saturated carbocycles. The monoisotopic (exact) mass is 395 g/mol. The molecule has 0 aromatic carbocycles. The predicted molar refractivity (Wildman–Crippen MR) is 85.6 cm³/mol. The first-order valence-corrected chi connectivity index (χ1v) is 8.93. The number of halogens is 3. The lowest BCUT2D eigenvalue weighted by Gasteiger charge is -2.43. The van der Waals surface area contributed by atoms with Crippen molar-refractivity contribution >= 4 is 11.6 Å². The zero-order valence-electron chi connectivity index (χ0n) is 14.7. The second-order valence-corrected chi connectivity index (χ2v) is 8.01. The number of hydrogen-bond acceptors (Lipinski definition) is 6. The summed E-state index contributed by atoms with van der Waals surface area (Å²) in [5, 5.41) is 19.5. The maximum absolute atomic E-state index is 13.3. The van der Waals surface area contributed by atoms with Crippen molar-refractivity contribution in [3.05, 3.63) is 23.5 Å². The van der Waals surface area contributed by atoms with Crippen molar-refractivity contribution in [3.8, 4) is 6.07 Å². The van der Waals surface area contributed by atoms with Gasteiger partial charge in [0.1, 0.15) is 17.9 Å². The number of rotatable bonds is 1. The van der Waals surface area contributed by atoms with Crippen LogP contribution in [0.3, 0.4) is 0 Å². The Bertz CT molecular complexity index is 932. The number of nitriles is 1. The van der Waals surface area contributed by atoms with Gasteiger partial charge in [-0.3, -0.25) is 9.69 Å². The summed E-state index contributed by atoms with van der Waals surface area (Å²) in [6.45, 7) is 1.96. The summed E-state index contributed by atoms with van der Waals surface area (Å²) in [6.07, 6.45) is -4.60. The van der Waals surface area contributed by atoms with Crippen molar-refractivity contribution in [3.63, 3.8) is 0 Å². The fourth-order valence-electron chi connectivity index (χ4n) is 5.57. The van der Waals surface area contributed by atoms with Gasteiger partial charge in [-0.1, -0.05) is 0 Å². The summed E-state index contributed by atoms with van der Waals surface area (Å²) in [4.78, 5) is 18.1. The van der Waals surface area contributed by atoms with Gasteiger partial charge in [-0.15, -0.1) is 0 Å². The molecule has 5 rings (SSSR count). The van der Waals surface area contributed by atoms with Gasteiger partial charge in [-0.05, 0) is 13.0 Å². The van der Waals surface area contributed by atoms with Crippen LogP contribution in [0.5, 0.6) is 0 Å². The number of nitrogens with zero attached hydrogens (tertiary/aromatic N) is 3. The van der Waals surface area contributed by atoms with E-state index in [1.807, 2.05) is 0 Å². The lowest BCUT2D eigenvalue weighted by Crippen LogP contribution is -2.56. The van der Waals surface area contributed by atoms with E-state index in [4.69, 9.17) is 14.7 Å². The van der Waals surface area contributed by atoms with Crippen LogP contribution in [-0.2, 0) is 20.4 Å². The molecule has 0 aliphatic carbocycles. The van der Waals surface area contributed by atoms with E-state index < -0.39 is 58.7 Å². The van der Waals surface area contributed by atoms with E-state index in [9.17, 15) is 23.1 Å². The van der Waals surface area contributed by atoms with Crippen LogP contribution in [0.1, 0.15) is 31.0 Å². The molecule has 1 aromatic rings. The van der Waals surface area contributed by atoms with Crippen molar-refractivity contribution in [1.29, 1.82) is 5.26 Å². The van der Waals surface area contributed by atoms with Gasteiger partial charge in [-0.2, -0.15) is 18.4 Å². The van der Waals surface area contributed by atoms with Crippen LogP contribution in [0, 0.1) is 23.2 Å². The first-order valence-electron chi connectivity index (χ1n) is 8.93. The number of aromatic nitrogens is 1. The molecule has 2 bridgehead atoms. The minimum Gasteiger partial charge on any atom is -0.390 e. The fraction of sp³-hybridized carbons (Fsp3) is 0.611. The molecule has 4 aliphatic heterocycles. The lowest BCUT2D eigenvalue weighted by atomic mass is 9.65.